The van der Waals surface area contributed by atoms with Crippen LogP contribution in [-0.4, -0.2) is 43.2 Å². The number of piperidine rings is 1. The smallest absolute Gasteiger partial charge is 0.342 e. The first-order valence-electron chi connectivity index (χ1n) is 11.8. The molecule has 4 aromatic rings. The largest absolute Gasteiger partial charge is 0.451 e. The van der Waals surface area contributed by atoms with Gasteiger partial charge < -0.3 is 10.6 Å². The van der Waals surface area contributed by atoms with E-state index >= 15 is 0 Å². The minimum absolute atomic E-state index is 0.0176. The number of nitrogens with zero attached hydrogens (tertiary/aromatic N) is 5. The Kier molecular flexibility index (Phi) is 5.19. The molecule has 1 aliphatic heterocycles. The van der Waals surface area contributed by atoms with Crippen LogP contribution < -0.4 is 16.2 Å². The average Bonchev–Trinajstić information content (AvgIpc) is 3.43. The highest BCUT2D eigenvalue weighted by Gasteiger charge is 2.46. The molecule has 3 aromatic heterocycles. The Morgan fingerprint density at radius 2 is 1.92 bits per heavy atom. The van der Waals surface area contributed by atoms with E-state index in [0.29, 0.717) is 19.0 Å². The number of nitrogens with two attached hydrogens (primary N) is 1. The zero-order chi connectivity index (χ0) is 25.9. The molecule has 4 N–H and O–H groups in total. The van der Waals surface area contributed by atoms with Gasteiger partial charge in [0.1, 0.15) is 11.1 Å². The quantitative estimate of drug-likeness (QED) is 0.387. The summed E-state index contributed by atoms with van der Waals surface area (Å²) in [5.74, 6) is -0.896. The number of halogens is 3. The molecule has 0 radical (unpaired) electrons. The molecule has 190 valence electrons. The van der Waals surface area contributed by atoms with Gasteiger partial charge in [-0.25, -0.2) is 9.97 Å². The third kappa shape index (κ3) is 3.79. The minimum atomic E-state index is -4.71. The number of aromatic nitrogens is 6. The predicted octanol–water partition coefficient (Wildman–Crippen LogP) is 3.36. The predicted molar refractivity (Wildman–Crippen MR) is 131 cm³/mol. The highest BCUT2D eigenvalue weighted by atomic mass is 19.4. The maximum Gasteiger partial charge on any atom is 0.451 e. The fourth-order valence-corrected chi connectivity index (χ4v) is 5.55. The van der Waals surface area contributed by atoms with Crippen LogP contribution in [0.2, 0.25) is 0 Å². The zero-order valence-electron chi connectivity index (χ0n) is 19.6. The number of hydrogen-bond acceptors (Lipinski definition) is 7. The first-order chi connectivity index (χ1) is 17.7. The van der Waals surface area contributed by atoms with Crippen LogP contribution in [0.1, 0.15) is 47.2 Å². The fourth-order valence-electron chi connectivity index (χ4n) is 5.55. The second kappa shape index (κ2) is 8.23. The van der Waals surface area contributed by atoms with Crippen LogP contribution in [-0.2, 0) is 12.6 Å². The van der Waals surface area contributed by atoms with Crippen molar-refractivity contribution in [3.05, 3.63) is 81.8 Å². The molecule has 0 unspecified atom stereocenters. The lowest BCUT2D eigenvalue weighted by Crippen LogP contribution is -2.45. The van der Waals surface area contributed by atoms with E-state index in [-0.39, 0.29) is 39.5 Å². The summed E-state index contributed by atoms with van der Waals surface area (Å²) in [6.07, 6.45) is -1.08. The van der Waals surface area contributed by atoms with E-state index in [9.17, 15) is 18.0 Å². The molecule has 4 heterocycles. The SMILES string of the molecule is C=C(c1ccnc(C(F)(F)F)n1)c1n[nH]c2nc(N3CCC4(CC3)Cc3ccccc3[C@H]4N)[nH]c(=O)c12. The van der Waals surface area contributed by atoms with E-state index in [2.05, 4.69) is 48.8 Å². The molecule has 0 saturated carbocycles. The Balaban J connectivity index is 1.25. The minimum Gasteiger partial charge on any atom is -0.342 e. The number of hydrogen-bond donors (Lipinski definition) is 3. The molecule has 1 atom stereocenters. The highest BCUT2D eigenvalue weighted by molar-refractivity contribution is 5.91. The highest BCUT2D eigenvalue weighted by Crippen LogP contribution is 2.50. The molecule has 0 amide bonds. The van der Waals surface area contributed by atoms with E-state index in [0.717, 1.165) is 25.5 Å². The van der Waals surface area contributed by atoms with Crippen molar-refractivity contribution in [2.45, 2.75) is 31.5 Å². The first kappa shape index (κ1) is 23.3. The van der Waals surface area contributed by atoms with Crippen molar-refractivity contribution in [2.75, 3.05) is 18.0 Å². The van der Waals surface area contributed by atoms with Gasteiger partial charge in [-0.2, -0.15) is 23.3 Å². The van der Waals surface area contributed by atoms with E-state index < -0.39 is 17.6 Å². The summed E-state index contributed by atoms with van der Waals surface area (Å²) >= 11 is 0. The van der Waals surface area contributed by atoms with Crippen LogP contribution in [0.4, 0.5) is 19.1 Å². The Labute approximate surface area is 208 Å². The average molecular weight is 509 g/mol. The van der Waals surface area contributed by atoms with Crippen molar-refractivity contribution < 1.29 is 13.2 Å². The number of alkyl halides is 3. The summed E-state index contributed by atoms with van der Waals surface area (Å²) in [4.78, 5) is 29.3. The van der Waals surface area contributed by atoms with E-state index in [1.165, 1.54) is 17.2 Å². The van der Waals surface area contributed by atoms with Gasteiger partial charge >= 0.3 is 6.18 Å². The summed E-state index contributed by atoms with van der Waals surface area (Å²) in [5.41, 5.74) is 8.94. The normalized spacial score (nSPS) is 18.9. The van der Waals surface area contributed by atoms with Gasteiger partial charge in [0.05, 0.1) is 5.69 Å². The van der Waals surface area contributed by atoms with Crippen molar-refractivity contribution in [2.24, 2.45) is 11.1 Å². The van der Waals surface area contributed by atoms with Gasteiger partial charge in [-0.15, -0.1) is 0 Å². The van der Waals surface area contributed by atoms with Gasteiger partial charge in [0.2, 0.25) is 11.8 Å². The topological polar surface area (TPSA) is 129 Å². The molecule has 0 bridgehead atoms. The first-order valence-corrected chi connectivity index (χ1v) is 11.8. The summed E-state index contributed by atoms with van der Waals surface area (Å²) in [7, 11) is 0. The van der Waals surface area contributed by atoms with Crippen molar-refractivity contribution in [3.63, 3.8) is 0 Å². The molecule has 1 fully saturated rings. The van der Waals surface area contributed by atoms with Crippen molar-refractivity contribution in [1.29, 1.82) is 0 Å². The van der Waals surface area contributed by atoms with Crippen LogP contribution in [0, 0.1) is 5.41 Å². The molecule has 9 nitrogen and oxygen atoms in total. The number of rotatable bonds is 3. The number of benzene rings is 1. The Morgan fingerprint density at radius 3 is 2.65 bits per heavy atom. The van der Waals surface area contributed by atoms with Gasteiger partial charge in [0.15, 0.2) is 5.65 Å². The summed E-state index contributed by atoms with van der Waals surface area (Å²) in [6.45, 7) is 5.16. The number of nitrogens with one attached hydrogen (secondary N) is 2. The maximum absolute atomic E-state index is 13.1. The molecule has 1 spiro atoms. The van der Waals surface area contributed by atoms with Gasteiger partial charge in [-0.1, -0.05) is 30.8 Å². The zero-order valence-corrected chi connectivity index (χ0v) is 19.6. The Bertz CT molecular complexity index is 1580. The van der Waals surface area contributed by atoms with Crippen molar-refractivity contribution in [1.82, 2.24) is 30.1 Å². The van der Waals surface area contributed by atoms with Gasteiger partial charge in [0, 0.05) is 30.9 Å². The third-order valence-corrected chi connectivity index (χ3v) is 7.57. The van der Waals surface area contributed by atoms with E-state index in [4.69, 9.17) is 5.73 Å². The molecular weight excluding hydrogens is 485 g/mol. The molecule has 6 rings (SSSR count). The molecule has 1 saturated heterocycles. The summed E-state index contributed by atoms with van der Waals surface area (Å²) in [6, 6.07) is 9.55. The molecule has 12 heteroatoms. The molecule has 37 heavy (non-hydrogen) atoms. The number of aromatic amines is 2. The maximum atomic E-state index is 13.1. The lowest BCUT2D eigenvalue weighted by atomic mass is 9.73. The third-order valence-electron chi connectivity index (χ3n) is 7.57. The number of anilines is 1. The lowest BCUT2D eigenvalue weighted by molar-refractivity contribution is -0.145. The van der Waals surface area contributed by atoms with E-state index in [1.54, 1.807) is 0 Å². The second-order valence-corrected chi connectivity index (χ2v) is 9.63. The molecular formula is C25H23F3N8O. The van der Waals surface area contributed by atoms with Gasteiger partial charge in [-0.05, 0) is 41.9 Å². The van der Waals surface area contributed by atoms with E-state index in [1.807, 2.05) is 17.0 Å². The van der Waals surface area contributed by atoms with Crippen LogP contribution >= 0.6 is 0 Å². The summed E-state index contributed by atoms with van der Waals surface area (Å²) in [5, 5.41) is 6.93. The molecule has 1 aromatic carbocycles. The number of H-pyrrole nitrogens is 2. The fraction of sp³-hybridized carbons (Fsp3) is 0.320. The van der Waals surface area contributed by atoms with Crippen LogP contribution in [0.5, 0.6) is 0 Å². The molecule has 2 aliphatic rings. The second-order valence-electron chi connectivity index (χ2n) is 9.63. The Hall–Kier alpha value is -4.06. The monoisotopic (exact) mass is 508 g/mol. The lowest BCUT2D eigenvalue weighted by Gasteiger charge is -2.42. The van der Waals surface area contributed by atoms with Crippen LogP contribution in [0.25, 0.3) is 16.6 Å². The van der Waals surface area contributed by atoms with Gasteiger partial charge in [-0.3, -0.25) is 14.9 Å². The molecule has 1 aliphatic carbocycles. The number of fused-ring (bicyclic) bond motifs is 2. The van der Waals surface area contributed by atoms with Gasteiger partial charge in [0.25, 0.3) is 5.56 Å². The Morgan fingerprint density at radius 1 is 1.16 bits per heavy atom. The van der Waals surface area contributed by atoms with Crippen molar-refractivity contribution in [3.8, 4) is 0 Å². The van der Waals surface area contributed by atoms with Crippen molar-refractivity contribution >= 4 is 22.6 Å². The summed E-state index contributed by atoms with van der Waals surface area (Å²) < 4.78 is 39.1. The van der Waals surface area contributed by atoms with Crippen LogP contribution in [0.15, 0.2) is 47.9 Å². The standard InChI is InChI=1S/C25H23F3N8O/c1-13(16-6-9-30-22(31-16)25(26,27)28)18-17-20(35-34-18)32-23(33-21(17)37)36-10-7-24(8-11-36)12-14-4-2-3-5-15(14)19(24)29/h2-6,9,19H,1,7-8,10-12,29H2,(H2,32,33,34,35,37)/t19-/m1/s1. The van der Waals surface area contributed by atoms with Crippen LogP contribution in [0.3, 0.4) is 0 Å².